The second-order valence-electron chi connectivity index (χ2n) is 7.52. The third kappa shape index (κ3) is 4.32. The van der Waals surface area contributed by atoms with Gasteiger partial charge in [-0.05, 0) is 55.9 Å². The Labute approximate surface area is 160 Å². The molecule has 1 saturated carbocycles. The number of amides is 1. The molecule has 0 aromatic heterocycles. The van der Waals surface area contributed by atoms with E-state index in [4.69, 9.17) is 5.11 Å². The molecule has 0 radical (unpaired) electrons. The van der Waals surface area contributed by atoms with E-state index in [0.29, 0.717) is 31.8 Å². The summed E-state index contributed by atoms with van der Waals surface area (Å²) in [5.74, 6) is -0.488. The van der Waals surface area contributed by atoms with Gasteiger partial charge in [-0.1, -0.05) is 6.42 Å². The van der Waals surface area contributed by atoms with Crippen LogP contribution in [0.4, 0.5) is 0 Å². The van der Waals surface area contributed by atoms with Crippen molar-refractivity contribution in [3.63, 3.8) is 0 Å². The van der Waals surface area contributed by atoms with Crippen LogP contribution in [0, 0.1) is 11.8 Å². The van der Waals surface area contributed by atoms with Gasteiger partial charge in [0.2, 0.25) is 15.9 Å². The maximum absolute atomic E-state index is 12.8. The minimum absolute atomic E-state index is 0.0488. The van der Waals surface area contributed by atoms with Gasteiger partial charge in [0.25, 0.3) is 0 Å². The Kier molecular flexibility index (Phi) is 5.86. The van der Waals surface area contributed by atoms with Crippen molar-refractivity contribution in [2.24, 2.45) is 11.8 Å². The molecular weight excluding hydrogens is 368 g/mol. The van der Waals surface area contributed by atoms with Crippen LogP contribution in [0.25, 0.3) is 0 Å². The van der Waals surface area contributed by atoms with Crippen molar-refractivity contribution in [3.05, 3.63) is 29.8 Å². The maximum Gasteiger partial charge on any atom is 0.335 e. The fourth-order valence-corrected chi connectivity index (χ4v) is 5.20. The Morgan fingerprint density at radius 3 is 2.19 bits per heavy atom. The first-order valence-corrected chi connectivity index (χ1v) is 10.8. The molecule has 0 atom stereocenters. The fraction of sp³-hybridized carbons (Fsp3) is 0.579. The summed E-state index contributed by atoms with van der Waals surface area (Å²) in [5.41, 5.74) is 0.0488. The average Bonchev–Trinajstić information content (AvgIpc) is 2.64. The number of sulfonamides is 1. The quantitative estimate of drug-likeness (QED) is 0.797. The van der Waals surface area contributed by atoms with Crippen molar-refractivity contribution in [2.45, 2.75) is 37.0 Å². The number of carbonyl (C=O) groups excluding carboxylic acids is 1. The summed E-state index contributed by atoms with van der Waals surface area (Å²) in [7, 11) is -1.83. The molecule has 3 rings (SSSR count). The van der Waals surface area contributed by atoms with Crippen LogP contribution < -0.4 is 0 Å². The Morgan fingerprint density at radius 2 is 1.70 bits per heavy atom. The monoisotopic (exact) mass is 394 g/mol. The van der Waals surface area contributed by atoms with Crippen molar-refractivity contribution in [1.82, 2.24) is 9.21 Å². The van der Waals surface area contributed by atoms with E-state index < -0.39 is 16.0 Å². The molecule has 1 saturated heterocycles. The van der Waals surface area contributed by atoms with Crippen molar-refractivity contribution < 1.29 is 23.1 Å². The highest BCUT2D eigenvalue weighted by Gasteiger charge is 2.34. The van der Waals surface area contributed by atoms with E-state index in [1.807, 2.05) is 11.9 Å². The lowest BCUT2D eigenvalue weighted by molar-refractivity contribution is -0.136. The van der Waals surface area contributed by atoms with Crippen molar-refractivity contribution in [1.29, 1.82) is 0 Å². The largest absolute Gasteiger partial charge is 0.478 e. The molecule has 1 aromatic carbocycles. The SMILES string of the molecule is CN(CC1CCC1)C(=O)C1CCN(S(=O)(=O)c2ccc(C(=O)O)cc2)CC1. The van der Waals surface area contributed by atoms with E-state index in [9.17, 15) is 18.0 Å². The van der Waals surface area contributed by atoms with E-state index >= 15 is 0 Å². The summed E-state index contributed by atoms with van der Waals surface area (Å²) >= 11 is 0. The van der Waals surface area contributed by atoms with Crippen LogP contribution in [-0.2, 0) is 14.8 Å². The van der Waals surface area contributed by atoms with Crippen LogP contribution in [0.5, 0.6) is 0 Å². The number of piperidine rings is 1. The van der Waals surface area contributed by atoms with Gasteiger partial charge < -0.3 is 10.0 Å². The predicted octanol–water partition coefficient (Wildman–Crippen LogP) is 2.04. The normalized spacial score (nSPS) is 19.4. The number of hydrogen-bond donors (Lipinski definition) is 1. The molecule has 27 heavy (non-hydrogen) atoms. The minimum atomic E-state index is -3.67. The van der Waals surface area contributed by atoms with Gasteiger partial charge in [0, 0.05) is 32.6 Å². The molecule has 0 unspecified atom stereocenters. The number of nitrogens with zero attached hydrogens (tertiary/aromatic N) is 2. The first-order valence-electron chi connectivity index (χ1n) is 9.37. The Morgan fingerprint density at radius 1 is 1.11 bits per heavy atom. The van der Waals surface area contributed by atoms with Gasteiger partial charge in [-0.2, -0.15) is 4.31 Å². The molecule has 2 aliphatic rings. The predicted molar refractivity (Wildman–Crippen MR) is 99.9 cm³/mol. The van der Waals surface area contributed by atoms with Crippen LogP contribution >= 0.6 is 0 Å². The third-order valence-electron chi connectivity index (χ3n) is 5.68. The number of carboxylic acid groups (broad SMARTS) is 1. The Balaban J connectivity index is 1.58. The lowest BCUT2D eigenvalue weighted by atomic mass is 9.85. The fourth-order valence-electron chi connectivity index (χ4n) is 3.73. The van der Waals surface area contributed by atoms with E-state index in [1.54, 1.807) is 0 Å². The van der Waals surface area contributed by atoms with Crippen molar-refractivity contribution in [3.8, 4) is 0 Å². The van der Waals surface area contributed by atoms with Gasteiger partial charge in [-0.3, -0.25) is 4.79 Å². The van der Waals surface area contributed by atoms with Gasteiger partial charge in [0.05, 0.1) is 10.5 Å². The average molecular weight is 394 g/mol. The molecule has 1 heterocycles. The Bertz CT molecular complexity index is 794. The number of benzene rings is 1. The molecule has 1 aliphatic heterocycles. The number of aromatic carboxylic acids is 1. The molecule has 1 N–H and O–H groups in total. The molecule has 0 spiro atoms. The highest BCUT2D eigenvalue weighted by atomic mass is 32.2. The standard InChI is InChI=1S/C19H26N2O5S/c1-20(13-14-3-2-4-14)18(22)15-9-11-21(12-10-15)27(25,26)17-7-5-16(6-8-17)19(23)24/h5-8,14-15H,2-4,9-13H2,1H3,(H,23,24). The maximum atomic E-state index is 12.8. The molecule has 1 amide bonds. The second kappa shape index (κ2) is 7.98. The van der Waals surface area contributed by atoms with Crippen LogP contribution in [0.3, 0.4) is 0 Å². The summed E-state index contributed by atoms with van der Waals surface area (Å²) in [6.07, 6.45) is 4.65. The smallest absolute Gasteiger partial charge is 0.335 e. The lowest BCUT2D eigenvalue weighted by Crippen LogP contribution is -2.44. The van der Waals surface area contributed by atoms with Crippen molar-refractivity contribution in [2.75, 3.05) is 26.7 Å². The molecule has 1 aromatic rings. The molecule has 2 fully saturated rings. The van der Waals surface area contributed by atoms with Gasteiger partial charge in [0.1, 0.15) is 0 Å². The number of hydrogen-bond acceptors (Lipinski definition) is 4. The third-order valence-corrected chi connectivity index (χ3v) is 7.59. The number of rotatable bonds is 6. The highest BCUT2D eigenvalue weighted by Crippen LogP contribution is 2.29. The molecule has 8 heteroatoms. The molecule has 0 bridgehead atoms. The second-order valence-corrected chi connectivity index (χ2v) is 9.46. The van der Waals surface area contributed by atoms with Gasteiger partial charge in [-0.15, -0.1) is 0 Å². The van der Waals surface area contributed by atoms with Crippen LogP contribution in [-0.4, -0.2) is 61.3 Å². The minimum Gasteiger partial charge on any atom is -0.478 e. The van der Waals surface area contributed by atoms with Gasteiger partial charge >= 0.3 is 5.97 Å². The van der Waals surface area contributed by atoms with Crippen LogP contribution in [0.15, 0.2) is 29.2 Å². The zero-order valence-corrected chi connectivity index (χ0v) is 16.3. The summed E-state index contributed by atoms with van der Waals surface area (Å²) < 4.78 is 26.9. The topological polar surface area (TPSA) is 95.0 Å². The summed E-state index contributed by atoms with van der Waals surface area (Å²) in [5, 5.41) is 8.93. The molecular formula is C19H26N2O5S. The number of carbonyl (C=O) groups is 2. The Hall–Kier alpha value is -1.93. The van der Waals surface area contributed by atoms with Gasteiger partial charge in [-0.25, -0.2) is 13.2 Å². The van der Waals surface area contributed by atoms with Crippen LogP contribution in [0.2, 0.25) is 0 Å². The molecule has 7 nitrogen and oxygen atoms in total. The van der Waals surface area contributed by atoms with E-state index in [-0.39, 0.29) is 22.3 Å². The van der Waals surface area contributed by atoms with E-state index in [1.165, 1.54) is 47.8 Å². The van der Waals surface area contributed by atoms with E-state index in [2.05, 4.69) is 0 Å². The zero-order valence-electron chi connectivity index (χ0n) is 15.5. The summed E-state index contributed by atoms with van der Waals surface area (Å²) in [4.78, 5) is 25.4. The number of carboxylic acids is 1. The summed E-state index contributed by atoms with van der Waals surface area (Å²) in [6.45, 7) is 1.40. The van der Waals surface area contributed by atoms with E-state index in [0.717, 1.165) is 6.54 Å². The zero-order chi connectivity index (χ0) is 19.6. The molecule has 148 valence electrons. The van der Waals surface area contributed by atoms with Crippen LogP contribution in [0.1, 0.15) is 42.5 Å². The van der Waals surface area contributed by atoms with Crippen molar-refractivity contribution >= 4 is 21.9 Å². The highest BCUT2D eigenvalue weighted by molar-refractivity contribution is 7.89. The molecule has 1 aliphatic carbocycles. The first kappa shape index (κ1) is 19.8. The lowest BCUT2D eigenvalue weighted by Gasteiger charge is -2.35. The van der Waals surface area contributed by atoms with Gasteiger partial charge in [0.15, 0.2) is 0 Å². The first-order chi connectivity index (χ1) is 12.8. The summed E-state index contributed by atoms with van der Waals surface area (Å²) in [6, 6.07) is 5.23.